The summed E-state index contributed by atoms with van der Waals surface area (Å²) in [4.78, 5) is 11.1. The van der Waals surface area contributed by atoms with E-state index in [0.717, 1.165) is 36.6 Å². The summed E-state index contributed by atoms with van der Waals surface area (Å²) in [6.45, 7) is 2.19. The fourth-order valence-corrected chi connectivity index (χ4v) is 6.10. The molecular weight excluding hydrogens is 352 g/mol. The molecule has 0 atom stereocenters. The summed E-state index contributed by atoms with van der Waals surface area (Å²) in [7, 11) is 0. The summed E-state index contributed by atoms with van der Waals surface area (Å²) in [5, 5.41) is 14.7. The van der Waals surface area contributed by atoms with Crippen molar-refractivity contribution in [3.8, 4) is 0 Å². The maximum atomic E-state index is 11.3. The Balaban J connectivity index is 0.00000192. The molecule has 7 heteroatoms. The zero-order valence-corrected chi connectivity index (χ0v) is 15.5. The third-order valence-corrected chi connectivity index (χ3v) is 7.33. The van der Waals surface area contributed by atoms with Gasteiger partial charge in [-0.3, -0.25) is 10.1 Å². The Kier molecular flexibility index (Phi) is 7.53. The van der Waals surface area contributed by atoms with E-state index in [1.54, 1.807) is 6.07 Å². The van der Waals surface area contributed by atoms with Gasteiger partial charge in [0.25, 0.3) is 5.69 Å². The average molecular weight is 375 g/mol. The van der Waals surface area contributed by atoms with E-state index < -0.39 is 0 Å². The third-order valence-electron chi connectivity index (χ3n) is 4.35. The lowest BCUT2D eigenvalue weighted by Crippen LogP contribution is -2.28. The van der Waals surface area contributed by atoms with Crippen LogP contribution in [0.3, 0.4) is 0 Å². The number of nitro groups is 1. The van der Waals surface area contributed by atoms with Crippen LogP contribution in [0.1, 0.15) is 35.0 Å². The minimum atomic E-state index is -0.223. The molecule has 0 unspecified atom stereocenters. The highest BCUT2D eigenvalue weighted by molar-refractivity contribution is 8.16. The summed E-state index contributed by atoms with van der Waals surface area (Å²) >= 11 is 3.70. The lowest BCUT2D eigenvalue weighted by atomic mass is 9.90. The molecule has 0 spiro atoms. The fraction of sp³-hybridized carbons (Fsp3) is 0.625. The lowest BCUT2D eigenvalue weighted by Gasteiger charge is -2.24. The van der Waals surface area contributed by atoms with Gasteiger partial charge >= 0.3 is 0 Å². The Labute approximate surface area is 152 Å². The number of benzene rings is 1. The molecule has 128 valence electrons. The topological polar surface area (TPSA) is 55.2 Å². The van der Waals surface area contributed by atoms with Crippen molar-refractivity contribution in [3.05, 3.63) is 39.4 Å². The van der Waals surface area contributed by atoms with E-state index in [1.165, 1.54) is 24.8 Å². The number of nitro benzene ring substituents is 1. The van der Waals surface area contributed by atoms with Gasteiger partial charge in [-0.1, -0.05) is 6.07 Å². The summed E-state index contributed by atoms with van der Waals surface area (Å²) < 4.78 is 0.224. The van der Waals surface area contributed by atoms with Gasteiger partial charge < -0.3 is 5.32 Å². The van der Waals surface area contributed by atoms with Gasteiger partial charge in [-0.15, -0.1) is 35.9 Å². The summed E-state index contributed by atoms with van der Waals surface area (Å²) in [5.41, 5.74) is 2.48. The fourth-order valence-electron chi connectivity index (χ4n) is 3.17. The van der Waals surface area contributed by atoms with E-state index in [1.807, 2.05) is 29.6 Å². The monoisotopic (exact) mass is 374 g/mol. The molecule has 1 aromatic carbocycles. The molecule has 2 fully saturated rings. The van der Waals surface area contributed by atoms with Crippen LogP contribution >= 0.6 is 35.9 Å². The maximum Gasteiger partial charge on any atom is 0.274 e. The molecule has 4 nitrogen and oxygen atoms in total. The molecule has 3 rings (SSSR count). The number of piperidine rings is 1. The van der Waals surface area contributed by atoms with Crippen molar-refractivity contribution in [1.82, 2.24) is 5.32 Å². The molecule has 1 aromatic rings. The van der Waals surface area contributed by atoms with Crippen LogP contribution in [-0.4, -0.2) is 29.5 Å². The van der Waals surface area contributed by atoms with Gasteiger partial charge in [-0.25, -0.2) is 0 Å². The van der Waals surface area contributed by atoms with Gasteiger partial charge in [-0.2, -0.15) is 0 Å². The van der Waals surface area contributed by atoms with Crippen molar-refractivity contribution in [1.29, 1.82) is 0 Å². The smallest absolute Gasteiger partial charge is 0.274 e. The first-order valence-electron chi connectivity index (χ1n) is 7.95. The Bertz CT molecular complexity index is 533. The standard InChI is InChI=1S/C16H22N2O2S2.ClH/c19-18(20)15-3-2-13(10-12-4-6-17-7-5-12)11-14(15)16-21-8-1-9-22-16;/h2-3,11-12,16-17H,1,4-10H2;1H. The average Bonchev–Trinajstić information content (AvgIpc) is 2.56. The predicted octanol–water partition coefficient (Wildman–Crippen LogP) is 4.43. The zero-order chi connectivity index (χ0) is 15.4. The predicted molar refractivity (Wildman–Crippen MR) is 102 cm³/mol. The lowest BCUT2D eigenvalue weighted by molar-refractivity contribution is -0.385. The minimum absolute atomic E-state index is 0. The third kappa shape index (κ3) is 5.02. The SMILES string of the molecule is Cl.O=[N+]([O-])c1ccc(CC2CCNCC2)cc1C1SCCCS1. The molecule has 0 saturated carbocycles. The second-order valence-electron chi connectivity index (χ2n) is 5.97. The van der Waals surface area contributed by atoms with Crippen LogP contribution in [0.25, 0.3) is 0 Å². The van der Waals surface area contributed by atoms with Crippen LogP contribution in [-0.2, 0) is 6.42 Å². The number of nitrogens with zero attached hydrogens (tertiary/aromatic N) is 1. The van der Waals surface area contributed by atoms with E-state index in [2.05, 4.69) is 11.4 Å². The van der Waals surface area contributed by atoms with Crippen molar-refractivity contribution in [2.75, 3.05) is 24.6 Å². The van der Waals surface area contributed by atoms with Gasteiger partial charge in [-0.05, 0) is 67.8 Å². The second-order valence-corrected chi connectivity index (χ2v) is 8.70. The van der Waals surface area contributed by atoms with Gasteiger partial charge in [0, 0.05) is 6.07 Å². The van der Waals surface area contributed by atoms with E-state index in [9.17, 15) is 10.1 Å². The van der Waals surface area contributed by atoms with Crippen LogP contribution in [0.2, 0.25) is 0 Å². The highest BCUT2D eigenvalue weighted by Crippen LogP contribution is 2.47. The molecule has 0 radical (unpaired) electrons. The van der Waals surface area contributed by atoms with E-state index in [0.29, 0.717) is 11.6 Å². The van der Waals surface area contributed by atoms with Crippen LogP contribution < -0.4 is 5.32 Å². The Hall–Kier alpha value is -0.430. The number of thioether (sulfide) groups is 2. The number of hydrogen-bond donors (Lipinski definition) is 1. The molecule has 0 aromatic heterocycles. The molecule has 2 saturated heterocycles. The molecule has 0 amide bonds. The van der Waals surface area contributed by atoms with Crippen molar-refractivity contribution in [2.24, 2.45) is 5.92 Å². The Morgan fingerprint density at radius 2 is 1.91 bits per heavy atom. The van der Waals surface area contributed by atoms with Crippen LogP contribution in [0.15, 0.2) is 18.2 Å². The number of halogens is 1. The van der Waals surface area contributed by atoms with Crippen LogP contribution in [0.5, 0.6) is 0 Å². The number of nitrogens with one attached hydrogen (secondary N) is 1. The Morgan fingerprint density at radius 1 is 1.22 bits per heavy atom. The van der Waals surface area contributed by atoms with Crippen LogP contribution in [0, 0.1) is 16.0 Å². The normalized spacial score (nSPS) is 20.0. The molecule has 2 aliphatic heterocycles. The van der Waals surface area contributed by atoms with Gasteiger partial charge in [0.05, 0.1) is 15.1 Å². The molecule has 1 N–H and O–H groups in total. The molecular formula is C16H23ClN2O2S2. The van der Waals surface area contributed by atoms with Gasteiger partial charge in [0.15, 0.2) is 0 Å². The van der Waals surface area contributed by atoms with E-state index in [4.69, 9.17) is 0 Å². The highest BCUT2D eigenvalue weighted by Gasteiger charge is 2.26. The summed E-state index contributed by atoms with van der Waals surface area (Å²) in [6, 6.07) is 5.79. The molecule has 0 bridgehead atoms. The minimum Gasteiger partial charge on any atom is -0.317 e. The largest absolute Gasteiger partial charge is 0.317 e. The highest BCUT2D eigenvalue weighted by atomic mass is 35.5. The summed E-state index contributed by atoms with van der Waals surface area (Å²) in [6.07, 6.45) is 4.67. The van der Waals surface area contributed by atoms with Crippen LogP contribution in [0.4, 0.5) is 5.69 Å². The van der Waals surface area contributed by atoms with Crippen molar-refractivity contribution < 1.29 is 4.92 Å². The first-order chi connectivity index (χ1) is 10.7. The van der Waals surface area contributed by atoms with Crippen molar-refractivity contribution >= 4 is 41.6 Å². The van der Waals surface area contributed by atoms with Crippen molar-refractivity contribution in [3.63, 3.8) is 0 Å². The molecule has 2 heterocycles. The maximum absolute atomic E-state index is 11.3. The van der Waals surface area contributed by atoms with E-state index in [-0.39, 0.29) is 21.9 Å². The van der Waals surface area contributed by atoms with Gasteiger partial charge in [0.1, 0.15) is 0 Å². The van der Waals surface area contributed by atoms with E-state index >= 15 is 0 Å². The summed E-state index contributed by atoms with van der Waals surface area (Å²) in [5.74, 6) is 2.92. The number of hydrogen-bond acceptors (Lipinski definition) is 5. The second kappa shape index (κ2) is 9.16. The Morgan fingerprint density at radius 3 is 2.57 bits per heavy atom. The molecule has 23 heavy (non-hydrogen) atoms. The molecule has 2 aliphatic rings. The first-order valence-corrected chi connectivity index (χ1v) is 10.0. The molecule has 0 aliphatic carbocycles. The van der Waals surface area contributed by atoms with Crippen molar-refractivity contribution in [2.45, 2.75) is 30.3 Å². The first kappa shape index (κ1) is 18.9. The quantitative estimate of drug-likeness (QED) is 0.624. The van der Waals surface area contributed by atoms with Gasteiger partial charge in [0.2, 0.25) is 0 Å². The zero-order valence-electron chi connectivity index (χ0n) is 13.0. The number of rotatable bonds is 4.